The van der Waals surface area contributed by atoms with Crippen molar-refractivity contribution in [3.8, 4) is 0 Å². The number of carbonyl (C=O) groups excluding carboxylic acids is 1. The van der Waals surface area contributed by atoms with Gasteiger partial charge in [0.25, 0.3) is 0 Å². The van der Waals surface area contributed by atoms with E-state index >= 15 is 0 Å². The van der Waals surface area contributed by atoms with Crippen LogP contribution in [-0.2, 0) is 4.74 Å². The quantitative estimate of drug-likeness (QED) is 0.716. The predicted octanol–water partition coefficient (Wildman–Crippen LogP) is 1.38. The van der Waals surface area contributed by atoms with Crippen molar-refractivity contribution in [1.29, 1.82) is 0 Å². The zero-order valence-corrected chi connectivity index (χ0v) is 9.40. The lowest BCUT2D eigenvalue weighted by Gasteiger charge is -2.44. The van der Waals surface area contributed by atoms with Crippen LogP contribution in [0, 0.1) is 5.41 Å². The van der Waals surface area contributed by atoms with Crippen molar-refractivity contribution in [3.05, 3.63) is 0 Å². The molecule has 1 saturated carbocycles. The molecule has 4 heteroatoms. The number of amides is 1. The summed E-state index contributed by atoms with van der Waals surface area (Å²) < 4.78 is 4.95. The normalized spacial score (nSPS) is 35.4. The molecular weight excluding hydrogens is 194 g/mol. The van der Waals surface area contributed by atoms with Crippen LogP contribution < -0.4 is 0 Å². The smallest absolute Gasteiger partial charge is 0.410 e. The van der Waals surface area contributed by atoms with E-state index < -0.39 is 0 Å². The molecule has 2 rings (SSSR count). The predicted molar refractivity (Wildman–Crippen MR) is 55.5 cm³/mol. The Bertz CT molecular complexity index is 265. The molecule has 0 aromatic heterocycles. The van der Waals surface area contributed by atoms with Crippen molar-refractivity contribution in [2.75, 3.05) is 13.2 Å². The summed E-state index contributed by atoms with van der Waals surface area (Å²) in [6.45, 7) is 5.48. The second-order valence-corrected chi connectivity index (χ2v) is 5.24. The maximum absolute atomic E-state index is 11.5. The van der Waals surface area contributed by atoms with Gasteiger partial charge in [0.15, 0.2) is 0 Å². The van der Waals surface area contributed by atoms with Crippen LogP contribution in [0.2, 0.25) is 0 Å². The first-order chi connectivity index (χ1) is 7.00. The number of nitrogens with zero attached hydrogens (tertiary/aromatic N) is 1. The third kappa shape index (κ3) is 1.95. The Balaban J connectivity index is 2.13. The van der Waals surface area contributed by atoms with Gasteiger partial charge in [-0.1, -0.05) is 13.8 Å². The number of cyclic esters (lactones) is 1. The Morgan fingerprint density at radius 1 is 1.53 bits per heavy atom. The van der Waals surface area contributed by atoms with E-state index in [9.17, 15) is 9.90 Å². The van der Waals surface area contributed by atoms with Gasteiger partial charge in [0.1, 0.15) is 6.61 Å². The number of carbonyl (C=O) groups is 1. The van der Waals surface area contributed by atoms with Gasteiger partial charge >= 0.3 is 6.09 Å². The lowest BCUT2D eigenvalue weighted by atomic mass is 9.71. The number of hydrogen-bond donors (Lipinski definition) is 1. The molecule has 15 heavy (non-hydrogen) atoms. The highest BCUT2D eigenvalue weighted by Gasteiger charge is 2.43. The molecule has 0 spiro atoms. The number of aliphatic hydroxyl groups is 1. The van der Waals surface area contributed by atoms with Gasteiger partial charge < -0.3 is 14.7 Å². The van der Waals surface area contributed by atoms with Crippen molar-refractivity contribution in [2.45, 2.75) is 45.3 Å². The third-order valence-electron chi connectivity index (χ3n) is 3.69. The van der Waals surface area contributed by atoms with Gasteiger partial charge in [0.05, 0.1) is 12.6 Å². The van der Waals surface area contributed by atoms with E-state index in [2.05, 4.69) is 13.8 Å². The van der Waals surface area contributed by atoms with Crippen molar-refractivity contribution >= 4 is 6.09 Å². The molecule has 86 valence electrons. The number of ether oxygens (including phenoxy) is 1. The highest BCUT2D eigenvalue weighted by Crippen LogP contribution is 2.39. The van der Waals surface area contributed by atoms with Gasteiger partial charge in [0.2, 0.25) is 0 Å². The molecule has 1 saturated heterocycles. The summed E-state index contributed by atoms with van der Waals surface area (Å²) in [5, 5.41) is 9.68. The Hall–Kier alpha value is -0.770. The Labute approximate surface area is 90.2 Å². The van der Waals surface area contributed by atoms with Crippen LogP contribution in [0.15, 0.2) is 0 Å². The molecule has 0 aromatic rings. The van der Waals surface area contributed by atoms with Crippen LogP contribution in [0.5, 0.6) is 0 Å². The molecule has 2 aliphatic rings. The summed E-state index contributed by atoms with van der Waals surface area (Å²) in [7, 11) is 0. The third-order valence-corrected chi connectivity index (χ3v) is 3.69. The summed E-state index contributed by atoms with van der Waals surface area (Å²) in [5.41, 5.74) is 0.0859. The summed E-state index contributed by atoms with van der Waals surface area (Å²) in [6, 6.07) is 0.122. The zero-order valence-electron chi connectivity index (χ0n) is 9.40. The highest BCUT2D eigenvalue weighted by atomic mass is 16.6. The fourth-order valence-electron chi connectivity index (χ4n) is 2.64. The van der Waals surface area contributed by atoms with Crippen molar-refractivity contribution < 1.29 is 14.6 Å². The first-order valence-electron chi connectivity index (χ1n) is 5.62. The van der Waals surface area contributed by atoms with E-state index in [1.165, 1.54) is 0 Å². The lowest BCUT2D eigenvalue weighted by Crippen LogP contribution is -2.50. The monoisotopic (exact) mass is 213 g/mol. The molecule has 1 N–H and O–H groups in total. The van der Waals surface area contributed by atoms with Gasteiger partial charge in [-0.25, -0.2) is 4.79 Å². The second kappa shape index (κ2) is 3.67. The van der Waals surface area contributed by atoms with E-state index in [1.54, 1.807) is 4.90 Å². The van der Waals surface area contributed by atoms with Crippen LogP contribution >= 0.6 is 0 Å². The van der Waals surface area contributed by atoms with E-state index in [4.69, 9.17) is 4.74 Å². The average molecular weight is 213 g/mol. The fourth-order valence-corrected chi connectivity index (χ4v) is 2.64. The molecular formula is C11H19NO3. The van der Waals surface area contributed by atoms with Crippen molar-refractivity contribution in [3.63, 3.8) is 0 Å². The Kier molecular flexibility index (Phi) is 2.63. The lowest BCUT2D eigenvalue weighted by molar-refractivity contribution is 0.00855. The van der Waals surface area contributed by atoms with E-state index in [-0.39, 0.29) is 23.7 Å². The number of aliphatic hydroxyl groups excluding tert-OH is 1. The van der Waals surface area contributed by atoms with Crippen LogP contribution in [-0.4, -0.2) is 41.4 Å². The van der Waals surface area contributed by atoms with Crippen molar-refractivity contribution in [1.82, 2.24) is 4.90 Å². The molecule has 1 amide bonds. The minimum absolute atomic E-state index is 0.0859. The maximum atomic E-state index is 11.5. The molecule has 2 atom stereocenters. The van der Waals surface area contributed by atoms with Gasteiger partial charge in [-0.3, -0.25) is 0 Å². The zero-order chi connectivity index (χ0) is 11.1. The Morgan fingerprint density at radius 2 is 2.27 bits per heavy atom. The first-order valence-corrected chi connectivity index (χ1v) is 5.62. The molecule has 0 aromatic carbocycles. The molecule has 1 heterocycles. The molecule has 0 radical (unpaired) electrons. The Morgan fingerprint density at radius 3 is 2.87 bits per heavy atom. The summed E-state index contributed by atoms with van der Waals surface area (Å²) in [5.74, 6) is 0. The molecule has 1 aliphatic carbocycles. The van der Waals surface area contributed by atoms with Crippen LogP contribution in [0.1, 0.15) is 33.1 Å². The van der Waals surface area contributed by atoms with Crippen LogP contribution in [0.4, 0.5) is 4.79 Å². The first kappa shape index (κ1) is 10.7. The molecule has 1 aliphatic heterocycles. The van der Waals surface area contributed by atoms with E-state index in [1.807, 2.05) is 0 Å². The molecule has 4 nitrogen and oxygen atoms in total. The van der Waals surface area contributed by atoms with Crippen LogP contribution in [0.3, 0.4) is 0 Å². The minimum Gasteiger partial charge on any atom is -0.448 e. The minimum atomic E-state index is -0.267. The number of hydrogen-bond acceptors (Lipinski definition) is 3. The van der Waals surface area contributed by atoms with Crippen LogP contribution in [0.25, 0.3) is 0 Å². The van der Waals surface area contributed by atoms with Gasteiger partial charge in [-0.05, 0) is 24.7 Å². The SMILES string of the molecule is CC1(C)CCC(O)CC1N1CCOC1=O. The second-order valence-electron chi connectivity index (χ2n) is 5.24. The van der Waals surface area contributed by atoms with E-state index in [0.717, 1.165) is 12.8 Å². The van der Waals surface area contributed by atoms with E-state index in [0.29, 0.717) is 19.6 Å². The number of rotatable bonds is 1. The average Bonchev–Trinajstić information content (AvgIpc) is 2.56. The molecule has 2 fully saturated rings. The molecule has 0 bridgehead atoms. The van der Waals surface area contributed by atoms with Crippen molar-refractivity contribution in [2.24, 2.45) is 5.41 Å². The highest BCUT2D eigenvalue weighted by molar-refractivity contribution is 5.69. The summed E-state index contributed by atoms with van der Waals surface area (Å²) in [6.07, 6.45) is 2.00. The maximum Gasteiger partial charge on any atom is 0.410 e. The largest absolute Gasteiger partial charge is 0.448 e. The summed E-state index contributed by atoms with van der Waals surface area (Å²) in [4.78, 5) is 13.3. The summed E-state index contributed by atoms with van der Waals surface area (Å²) >= 11 is 0. The standard InChI is InChI=1S/C11H19NO3/c1-11(2)4-3-8(13)7-9(11)12-5-6-15-10(12)14/h8-9,13H,3-7H2,1-2H3. The van der Waals surface area contributed by atoms with Gasteiger partial charge in [-0.2, -0.15) is 0 Å². The topological polar surface area (TPSA) is 49.8 Å². The van der Waals surface area contributed by atoms with Gasteiger partial charge in [-0.15, -0.1) is 0 Å². The fraction of sp³-hybridized carbons (Fsp3) is 0.909. The molecule has 2 unspecified atom stereocenters. The van der Waals surface area contributed by atoms with Gasteiger partial charge in [0, 0.05) is 6.04 Å².